The van der Waals surface area contributed by atoms with E-state index in [2.05, 4.69) is 10.3 Å². The molecular weight excluding hydrogens is 304 g/mol. The molecule has 2 rings (SSSR count). The Morgan fingerprint density at radius 2 is 2.42 bits per heavy atom. The van der Waals surface area contributed by atoms with Crippen LogP contribution in [0, 0.1) is 0 Å². The molecule has 0 fully saturated rings. The van der Waals surface area contributed by atoms with E-state index in [0.29, 0.717) is 23.9 Å². The number of rotatable bonds is 6. The maximum atomic E-state index is 11.5. The summed E-state index contributed by atoms with van der Waals surface area (Å²) in [4.78, 5) is 16.0. The van der Waals surface area contributed by atoms with E-state index in [4.69, 9.17) is 16.3 Å². The molecule has 1 amide bonds. The number of benzene rings is 1. The van der Waals surface area contributed by atoms with E-state index in [1.54, 1.807) is 18.4 Å². The monoisotopic (exact) mass is 316 g/mol. The molecule has 0 unspecified atom stereocenters. The number of carbonyl (C=O) groups is 1. The van der Waals surface area contributed by atoms with E-state index < -0.39 is 0 Å². The van der Waals surface area contributed by atoms with E-state index in [1.165, 1.54) is 11.8 Å². The normalized spacial score (nSPS) is 10.8. The summed E-state index contributed by atoms with van der Waals surface area (Å²) in [5.74, 6) is 0.344. The Labute approximate surface area is 124 Å². The van der Waals surface area contributed by atoms with Crippen molar-refractivity contribution in [2.45, 2.75) is 4.34 Å². The number of nitrogens with one attached hydrogen (secondary N) is 1. The lowest BCUT2D eigenvalue weighted by atomic mass is 10.3. The minimum Gasteiger partial charge on any atom is -0.383 e. The summed E-state index contributed by atoms with van der Waals surface area (Å²) in [5, 5.41) is 3.44. The molecule has 19 heavy (non-hydrogen) atoms. The van der Waals surface area contributed by atoms with Crippen molar-refractivity contribution in [3.63, 3.8) is 0 Å². The van der Waals surface area contributed by atoms with Crippen LogP contribution in [0.2, 0.25) is 5.02 Å². The van der Waals surface area contributed by atoms with Crippen molar-refractivity contribution < 1.29 is 9.53 Å². The van der Waals surface area contributed by atoms with Crippen molar-refractivity contribution in [1.82, 2.24) is 10.3 Å². The topological polar surface area (TPSA) is 51.2 Å². The molecule has 1 aromatic heterocycles. The average Bonchev–Trinajstić information content (AvgIpc) is 2.78. The molecule has 102 valence electrons. The van der Waals surface area contributed by atoms with Gasteiger partial charge >= 0.3 is 0 Å². The molecule has 0 saturated heterocycles. The van der Waals surface area contributed by atoms with Gasteiger partial charge in [0.1, 0.15) is 0 Å². The first-order chi connectivity index (χ1) is 9.19. The highest BCUT2D eigenvalue weighted by molar-refractivity contribution is 8.01. The third kappa shape index (κ3) is 4.35. The Morgan fingerprint density at radius 3 is 3.21 bits per heavy atom. The first kappa shape index (κ1) is 14.6. The van der Waals surface area contributed by atoms with Crippen LogP contribution in [0.4, 0.5) is 0 Å². The summed E-state index contributed by atoms with van der Waals surface area (Å²) in [5.41, 5.74) is 0.875. The van der Waals surface area contributed by atoms with Gasteiger partial charge in [-0.15, -0.1) is 11.3 Å². The number of carbonyl (C=O) groups excluding carboxylic acids is 1. The molecule has 0 aliphatic rings. The Kier molecular flexibility index (Phi) is 5.45. The van der Waals surface area contributed by atoms with Crippen molar-refractivity contribution in [2.75, 3.05) is 26.0 Å². The molecule has 0 atom stereocenters. The Morgan fingerprint density at radius 1 is 1.58 bits per heavy atom. The minimum atomic E-state index is -0.0145. The molecule has 0 aliphatic heterocycles. The molecule has 1 aromatic carbocycles. The number of thiazole rings is 1. The Hall–Kier alpha value is -0.820. The van der Waals surface area contributed by atoms with E-state index in [-0.39, 0.29) is 5.91 Å². The van der Waals surface area contributed by atoms with Crippen LogP contribution < -0.4 is 5.32 Å². The molecule has 0 bridgehead atoms. The molecule has 1 heterocycles. The van der Waals surface area contributed by atoms with Gasteiger partial charge in [0, 0.05) is 18.7 Å². The summed E-state index contributed by atoms with van der Waals surface area (Å²) in [6.45, 7) is 1.06. The fourth-order valence-electron chi connectivity index (χ4n) is 1.41. The molecule has 0 radical (unpaired) electrons. The molecule has 7 heteroatoms. The Bertz CT molecular complexity index is 574. The van der Waals surface area contributed by atoms with Crippen LogP contribution >= 0.6 is 34.7 Å². The number of ether oxygens (including phenoxy) is 1. The summed E-state index contributed by atoms with van der Waals surface area (Å²) < 4.78 is 6.81. The van der Waals surface area contributed by atoms with E-state index in [1.807, 2.05) is 18.2 Å². The predicted molar refractivity (Wildman–Crippen MR) is 80.2 cm³/mol. The zero-order chi connectivity index (χ0) is 13.7. The molecule has 2 aromatic rings. The number of nitrogens with zero attached hydrogens (tertiary/aromatic N) is 1. The lowest BCUT2D eigenvalue weighted by Gasteiger charge is -2.02. The maximum Gasteiger partial charge on any atom is 0.230 e. The third-order valence-corrected chi connectivity index (χ3v) is 4.70. The maximum absolute atomic E-state index is 11.5. The quantitative estimate of drug-likeness (QED) is 0.657. The number of methoxy groups -OCH3 is 1. The molecule has 1 N–H and O–H groups in total. The summed E-state index contributed by atoms with van der Waals surface area (Å²) >= 11 is 8.90. The SMILES string of the molecule is COCCNC(=O)CSc1nc2cc(Cl)ccc2s1. The number of hydrogen-bond acceptors (Lipinski definition) is 5. The van der Waals surface area contributed by atoms with Crippen molar-refractivity contribution in [1.29, 1.82) is 0 Å². The van der Waals surface area contributed by atoms with Gasteiger partial charge in [-0.25, -0.2) is 4.98 Å². The van der Waals surface area contributed by atoms with Crippen LogP contribution in [0.3, 0.4) is 0 Å². The second kappa shape index (κ2) is 7.09. The fourth-order valence-corrected chi connectivity index (χ4v) is 3.46. The van der Waals surface area contributed by atoms with Crippen LogP contribution in [0.25, 0.3) is 10.2 Å². The number of halogens is 1. The van der Waals surface area contributed by atoms with Crippen LogP contribution in [-0.4, -0.2) is 36.9 Å². The van der Waals surface area contributed by atoms with Crippen LogP contribution in [0.15, 0.2) is 22.5 Å². The number of thioether (sulfide) groups is 1. The molecule has 0 aliphatic carbocycles. The highest BCUT2D eigenvalue weighted by atomic mass is 35.5. The number of aromatic nitrogens is 1. The highest BCUT2D eigenvalue weighted by Crippen LogP contribution is 2.30. The molecular formula is C12H13ClN2O2S2. The van der Waals surface area contributed by atoms with Crippen LogP contribution in [0.5, 0.6) is 0 Å². The third-order valence-electron chi connectivity index (χ3n) is 2.29. The van der Waals surface area contributed by atoms with Gasteiger partial charge in [0.05, 0.1) is 22.6 Å². The van der Waals surface area contributed by atoms with Crippen LogP contribution in [0.1, 0.15) is 0 Å². The molecule has 0 saturated carbocycles. The van der Waals surface area contributed by atoms with Gasteiger partial charge in [-0.2, -0.15) is 0 Å². The fraction of sp³-hybridized carbons (Fsp3) is 0.333. The number of amides is 1. The van der Waals surface area contributed by atoms with E-state index in [9.17, 15) is 4.79 Å². The summed E-state index contributed by atoms with van der Waals surface area (Å²) in [7, 11) is 1.60. The second-order valence-corrected chi connectivity index (χ2v) is 6.41. The standard InChI is InChI=1S/C12H13ClN2O2S2/c1-17-5-4-14-11(16)7-18-12-15-9-6-8(13)2-3-10(9)19-12/h2-3,6H,4-5,7H2,1H3,(H,14,16). The first-order valence-corrected chi connectivity index (χ1v) is 7.81. The zero-order valence-corrected chi connectivity index (χ0v) is 12.7. The zero-order valence-electron chi connectivity index (χ0n) is 10.3. The lowest BCUT2D eigenvalue weighted by Crippen LogP contribution is -2.28. The van der Waals surface area contributed by atoms with Gasteiger partial charge in [-0.05, 0) is 18.2 Å². The van der Waals surface area contributed by atoms with Crippen molar-refractivity contribution in [3.8, 4) is 0 Å². The number of hydrogen-bond donors (Lipinski definition) is 1. The minimum absolute atomic E-state index is 0.0145. The van der Waals surface area contributed by atoms with Crippen LogP contribution in [-0.2, 0) is 9.53 Å². The largest absolute Gasteiger partial charge is 0.383 e. The van der Waals surface area contributed by atoms with Gasteiger partial charge in [0.15, 0.2) is 4.34 Å². The highest BCUT2D eigenvalue weighted by Gasteiger charge is 2.07. The average molecular weight is 317 g/mol. The summed E-state index contributed by atoms with van der Waals surface area (Å²) in [6, 6.07) is 5.61. The van der Waals surface area contributed by atoms with Crippen molar-refractivity contribution in [3.05, 3.63) is 23.2 Å². The Balaban J connectivity index is 1.89. The summed E-state index contributed by atoms with van der Waals surface area (Å²) in [6.07, 6.45) is 0. The van der Waals surface area contributed by atoms with Gasteiger partial charge in [-0.3, -0.25) is 4.79 Å². The molecule has 4 nitrogen and oxygen atoms in total. The van der Waals surface area contributed by atoms with E-state index in [0.717, 1.165) is 14.6 Å². The van der Waals surface area contributed by atoms with E-state index >= 15 is 0 Å². The smallest absolute Gasteiger partial charge is 0.230 e. The second-order valence-electron chi connectivity index (χ2n) is 3.72. The van der Waals surface area contributed by atoms with Gasteiger partial charge < -0.3 is 10.1 Å². The number of fused-ring (bicyclic) bond motifs is 1. The van der Waals surface area contributed by atoms with Gasteiger partial charge in [-0.1, -0.05) is 23.4 Å². The molecule has 0 spiro atoms. The van der Waals surface area contributed by atoms with Gasteiger partial charge in [0.2, 0.25) is 5.91 Å². The lowest BCUT2D eigenvalue weighted by molar-refractivity contribution is -0.118. The predicted octanol–water partition coefficient (Wildman–Crippen LogP) is 2.80. The van der Waals surface area contributed by atoms with Crippen molar-refractivity contribution >= 4 is 50.8 Å². The van der Waals surface area contributed by atoms with Crippen molar-refractivity contribution in [2.24, 2.45) is 0 Å². The first-order valence-electron chi connectivity index (χ1n) is 5.63. The van der Waals surface area contributed by atoms with Gasteiger partial charge in [0.25, 0.3) is 0 Å².